The topological polar surface area (TPSA) is 15.7 Å². The Balaban J connectivity index is 1.42. The second-order valence-electron chi connectivity index (χ2n) is 24.7. The van der Waals surface area contributed by atoms with Gasteiger partial charge < -0.3 is 14.5 Å². The van der Waals surface area contributed by atoms with Crippen molar-refractivity contribution in [3.63, 3.8) is 0 Å². The van der Waals surface area contributed by atoms with Crippen LogP contribution in [-0.2, 0) is 32.5 Å². The predicted molar refractivity (Wildman–Crippen MR) is 263 cm³/mol. The highest BCUT2D eigenvalue weighted by atomic mass is 16.5. The summed E-state index contributed by atoms with van der Waals surface area (Å²) in [6, 6.07) is 34.2. The van der Waals surface area contributed by atoms with E-state index in [0.29, 0.717) is 0 Å². The molecule has 3 heterocycles. The smallest absolute Gasteiger partial charge is 0.231 e. The summed E-state index contributed by atoms with van der Waals surface area (Å²) < 4.78 is 7.37. The highest BCUT2D eigenvalue weighted by Gasteiger charge is 2.56. The fraction of sp³-hybridized carbons (Fsp3) is 0.474. The van der Waals surface area contributed by atoms with Crippen LogP contribution in [-0.4, -0.2) is 12.9 Å². The van der Waals surface area contributed by atoms with Gasteiger partial charge in [0.2, 0.25) is 6.71 Å². The number of anilines is 5. The van der Waals surface area contributed by atoms with Crippen molar-refractivity contribution in [2.75, 3.05) is 9.80 Å². The van der Waals surface area contributed by atoms with Crippen LogP contribution in [0.15, 0.2) is 84.9 Å². The Bertz CT molecular complexity index is 2550. The van der Waals surface area contributed by atoms with Crippen LogP contribution in [0.3, 0.4) is 0 Å². The molecule has 3 nitrogen and oxygen atoms in total. The van der Waals surface area contributed by atoms with Crippen molar-refractivity contribution in [3.8, 4) is 5.75 Å². The molecule has 0 saturated heterocycles. The van der Waals surface area contributed by atoms with Crippen LogP contribution in [0.25, 0.3) is 0 Å². The van der Waals surface area contributed by atoms with Gasteiger partial charge in [-0.3, -0.25) is 0 Å². The number of fused-ring (bicyclic) bond motifs is 7. The van der Waals surface area contributed by atoms with Crippen molar-refractivity contribution in [2.45, 2.75) is 175 Å². The summed E-state index contributed by atoms with van der Waals surface area (Å²) >= 11 is 0. The highest BCUT2D eigenvalue weighted by Crippen LogP contribution is 2.55. The molecule has 2 unspecified atom stereocenters. The molecule has 4 aliphatic rings. The zero-order valence-corrected chi connectivity index (χ0v) is 40.5. The zero-order chi connectivity index (χ0) is 44.1. The van der Waals surface area contributed by atoms with E-state index in [-0.39, 0.29) is 51.2 Å². The summed E-state index contributed by atoms with van der Waals surface area (Å²) in [5, 5.41) is 0. The quantitative estimate of drug-likeness (QED) is 0.165. The van der Waals surface area contributed by atoms with Gasteiger partial charge in [0, 0.05) is 34.3 Å². The standard InChI is InChI=1S/C57H71BN2O/c1-34-26-46-50-47(27-34)60(39-21-18-35(19-22-39)52(2,3)4)51-49(41-31-36(53(5,6)7)20-23-48(41)61-51)58(50)44-32-42-43(57(16,17)25-24-56(42,14)15)33-45(44)59(46)40-29-37(54(8,9)10)28-38(30-40)55(11,12)13/h18-23,26-33,49,51H,24-25H2,1-17H3. The van der Waals surface area contributed by atoms with Gasteiger partial charge in [0.25, 0.3) is 0 Å². The Morgan fingerprint density at radius 3 is 1.62 bits per heavy atom. The van der Waals surface area contributed by atoms with Crippen molar-refractivity contribution < 1.29 is 4.74 Å². The SMILES string of the molecule is Cc1cc2c3c(c1)N(c1ccc(C(C)(C)C)cc1)C1Oc4ccc(C(C)(C)C)cc4C1B3c1cc3c(cc1N2c1cc(C(C)(C)C)cc(C(C)(C)C)c1)C(C)(C)CCC3(C)C. The second-order valence-corrected chi connectivity index (χ2v) is 24.7. The van der Waals surface area contributed by atoms with Crippen molar-refractivity contribution in [1.29, 1.82) is 0 Å². The first-order chi connectivity index (χ1) is 28.1. The summed E-state index contributed by atoms with van der Waals surface area (Å²) in [6.07, 6.45) is 2.14. The molecule has 0 amide bonds. The average Bonchev–Trinajstić information content (AvgIpc) is 3.53. The van der Waals surface area contributed by atoms with Crippen molar-refractivity contribution >= 4 is 46.1 Å². The largest absolute Gasteiger partial charge is 0.470 e. The molecule has 4 heteroatoms. The van der Waals surface area contributed by atoms with E-state index in [1.54, 1.807) is 0 Å². The fourth-order valence-corrected chi connectivity index (χ4v) is 10.9. The van der Waals surface area contributed by atoms with E-state index in [1.807, 2.05) is 0 Å². The number of benzene rings is 5. The van der Waals surface area contributed by atoms with Crippen LogP contribution in [0.2, 0.25) is 0 Å². The number of hydrogen-bond acceptors (Lipinski definition) is 3. The van der Waals surface area contributed by atoms with Gasteiger partial charge in [-0.05, 0) is 156 Å². The molecule has 2 atom stereocenters. The first kappa shape index (κ1) is 41.9. The summed E-state index contributed by atoms with van der Waals surface area (Å²) in [4.78, 5) is 5.25. The third-order valence-corrected chi connectivity index (χ3v) is 15.0. The molecule has 318 valence electrons. The molecule has 0 bridgehead atoms. The molecule has 9 rings (SSSR count). The Morgan fingerprint density at radius 1 is 0.541 bits per heavy atom. The van der Waals surface area contributed by atoms with E-state index in [4.69, 9.17) is 4.74 Å². The summed E-state index contributed by atoms with van der Waals surface area (Å²) in [6.45, 7) is 40.4. The van der Waals surface area contributed by atoms with Crippen LogP contribution < -0.4 is 25.5 Å². The van der Waals surface area contributed by atoms with E-state index in [2.05, 4.69) is 212 Å². The van der Waals surface area contributed by atoms with Crippen LogP contribution in [0.5, 0.6) is 5.75 Å². The van der Waals surface area contributed by atoms with Crippen molar-refractivity contribution in [3.05, 3.63) is 129 Å². The maximum absolute atomic E-state index is 7.37. The van der Waals surface area contributed by atoms with Crippen LogP contribution >= 0.6 is 0 Å². The maximum Gasteiger partial charge on any atom is 0.231 e. The van der Waals surface area contributed by atoms with E-state index >= 15 is 0 Å². The van der Waals surface area contributed by atoms with Crippen LogP contribution in [0.1, 0.15) is 174 Å². The van der Waals surface area contributed by atoms with Gasteiger partial charge in [0.05, 0.1) is 0 Å². The minimum Gasteiger partial charge on any atom is -0.470 e. The number of hydrogen-bond donors (Lipinski definition) is 0. The van der Waals surface area contributed by atoms with Gasteiger partial charge in [-0.15, -0.1) is 0 Å². The first-order valence-electron chi connectivity index (χ1n) is 23.2. The minimum atomic E-state index is -0.213. The Kier molecular flexibility index (Phi) is 9.13. The lowest BCUT2D eigenvalue weighted by atomic mass is 9.29. The molecule has 0 radical (unpaired) electrons. The fourth-order valence-electron chi connectivity index (χ4n) is 10.9. The summed E-state index contributed by atoms with van der Waals surface area (Å²) in [5.74, 6) is 1.08. The zero-order valence-electron chi connectivity index (χ0n) is 40.5. The predicted octanol–water partition coefficient (Wildman–Crippen LogP) is 14.1. The lowest BCUT2D eigenvalue weighted by molar-refractivity contribution is 0.232. The monoisotopic (exact) mass is 811 g/mol. The molecular weight excluding hydrogens is 739 g/mol. The van der Waals surface area contributed by atoms with E-state index in [9.17, 15) is 0 Å². The van der Waals surface area contributed by atoms with E-state index in [0.717, 1.165) is 5.75 Å². The molecule has 0 N–H and O–H groups in total. The van der Waals surface area contributed by atoms with Gasteiger partial charge in [0.15, 0.2) is 6.23 Å². The summed E-state index contributed by atoms with van der Waals surface area (Å²) in [5.41, 5.74) is 20.3. The minimum absolute atomic E-state index is 0.00320. The molecule has 0 fully saturated rings. The Morgan fingerprint density at radius 2 is 1.07 bits per heavy atom. The lowest BCUT2D eigenvalue weighted by Crippen LogP contribution is -2.63. The molecule has 1 aliphatic carbocycles. The van der Waals surface area contributed by atoms with Gasteiger partial charge >= 0.3 is 0 Å². The van der Waals surface area contributed by atoms with Crippen molar-refractivity contribution in [2.24, 2.45) is 0 Å². The average molecular weight is 811 g/mol. The number of aryl methyl sites for hydroxylation is 1. The molecule has 0 spiro atoms. The third-order valence-electron chi connectivity index (χ3n) is 15.0. The van der Waals surface area contributed by atoms with Crippen LogP contribution in [0, 0.1) is 6.92 Å². The Labute approximate surface area is 369 Å². The number of nitrogens with zero attached hydrogens (tertiary/aromatic N) is 2. The summed E-state index contributed by atoms with van der Waals surface area (Å²) in [7, 11) is 0. The van der Waals surface area contributed by atoms with Gasteiger partial charge in [-0.25, -0.2) is 0 Å². The molecule has 3 aliphatic heterocycles. The number of rotatable bonds is 2. The molecule has 61 heavy (non-hydrogen) atoms. The van der Waals surface area contributed by atoms with E-state index in [1.165, 1.54) is 96.7 Å². The maximum atomic E-state index is 7.37. The third kappa shape index (κ3) is 6.76. The molecular formula is C57H71BN2O. The first-order valence-corrected chi connectivity index (χ1v) is 23.2. The number of ether oxygens (including phenoxy) is 1. The van der Waals surface area contributed by atoms with Gasteiger partial charge in [-0.2, -0.15) is 0 Å². The molecule has 0 saturated carbocycles. The van der Waals surface area contributed by atoms with Gasteiger partial charge in [-0.1, -0.05) is 147 Å². The normalized spacial score (nSPS) is 20.0. The van der Waals surface area contributed by atoms with E-state index < -0.39 is 0 Å². The van der Waals surface area contributed by atoms with Crippen LogP contribution in [0.4, 0.5) is 28.4 Å². The molecule has 0 aromatic heterocycles. The Hall–Kier alpha value is -4.44. The molecule has 5 aromatic rings. The molecule has 5 aromatic carbocycles. The lowest BCUT2D eigenvalue weighted by Gasteiger charge is -2.50. The van der Waals surface area contributed by atoms with Gasteiger partial charge in [0.1, 0.15) is 5.75 Å². The van der Waals surface area contributed by atoms with Crippen molar-refractivity contribution in [1.82, 2.24) is 0 Å². The highest BCUT2D eigenvalue weighted by molar-refractivity contribution is 6.91. The second kappa shape index (κ2) is 13.3.